The molecule has 2 aliphatic heterocycles. The van der Waals surface area contributed by atoms with E-state index in [0.29, 0.717) is 31.3 Å². The van der Waals surface area contributed by atoms with Gasteiger partial charge >= 0.3 is 11.9 Å². The predicted molar refractivity (Wildman–Crippen MR) is 133 cm³/mol. The molecule has 0 amide bonds. The van der Waals surface area contributed by atoms with Crippen LogP contribution in [0.2, 0.25) is 0 Å². The molecule has 0 aromatic rings. The van der Waals surface area contributed by atoms with E-state index in [4.69, 9.17) is 9.47 Å². The minimum absolute atomic E-state index is 0.00106. The van der Waals surface area contributed by atoms with Crippen LogP contribution >= 0.6 is 0 Å². The molecule has 7 aliphatic rings. The summed E-state index contributed by atoms with van der Waals surface area (Å²) in [4.78, 5) is 25.7. The van der Waals surface area contributed by atoms with E-state index in [1.807, 2.05) is 27.7 Å². The summed E-state index contributed by atoms with van der Waals surface area (Å²) in [7, 11) is 0. The quantitative estimate of drug-likeness (QED) is 0.338. The molecule has 7 heteroatoms. The van der Waals surface area contributed by atoms with Crippen LogP contribution in [0.25, 0.3) is 0 Å². The van der Waals surface area contributed by atoms with Crippen molar-refractivity contribution < 1.29 is 34.4 Å². The van der Waals surface area contributed by atoms with Gasteiger partial charge in [0.15, 0.2) is 0 Å². The van der Waals surface area contributed by atoms with Crippen molar-refractivity contribution in [2.75, 3.05) is 0 Å². The molecular formula is C30H40O7. The first kappa shape index (κ1) is 24.3. The summed E-state index contributed by atoms with van der Waals surface area (Å²) in [5.74, 6) is -2.33. The number of aliphatic hydroxyl groups excluding tert-OH is 1. The number of ether oxygens (including phenoxy) is 2. The van der Waals surface area contributed by atoms with Gasteiger partial charge in [-0.15, -0.1) is 0 Å². The second-order valence-electron chi connectivity index (χ2n) is 14.0. The van der Waals surface area contributed by atoms with E-state index in [-0.39, 0.29) is 71.3 Å². The lowest BCUT2D eigenvalue weighted by Gasteiger charge is -2.48. The maximum absolute atomic E-state index is 13.0. The lowest BCUT2D eigenvalue weighted by Crippen LogP contribution is -2.51. The van der Waals surface area contributed by atoms with Crippen LogP contribution in [0.1, 0.15) is 60.3 Å². The Hall–Kier alpha value is -1.70. The summed E-state index contributed by atoms with van der Waals surface area (Å²) in [6.45, 7) is 14.1. The highest BCUT2D eigenvalue weighted by Gasteiger charge is 2.82. The molecule has 4 saturated carbocycles. The van der Waals surface area contributed by atoms with Gasteiger partial charge in [0.2, 0.25) is 0 Å². The Morgan fingerprint density at radius 1 is 0.892 bits per heavy atom. The van der Waals surface area contributed by atoms with Crippen LogP contribution in [0.15, 0.2) is 23.3 Å². The predicted octanol–water partition coefficient (Wildman–Crippen LogP) is 2.77. The molecule has 0 spiro atoms. The Morgan fingerprint density at radius 3 is 2.19 bits per heavy atom. The largest absolute Gasteiger partial charge is 0.461 e. The molecule has 2 saturated heterocycles. The molecule has 37 heavy (non-hydrogen) atoms. The standard InChI is InChI=1S/C30H40O7/c1-11-15-7-9-28(5,34)21-17(23(15)36-26(11)32)13(3)20-18(21)19-22(31)14(4)30(20)24(19)29(6,35)10-8-16-12(2)27(33)37-25(16)30/h11-12,15-16,18-25,31,34-35H,4,7-10H2,1-3,5-6H3/t11-,12-,15-,16-,18-,19-,20-,21-,22+,23-,24-,25-,28-,29-,30+/m0/s1. The van der Waals surface area contributed by atoms with Crippen molar-refractivity contribution in [3.63, 3.8) is 0 Å². The van der Waals surface area contributed by atoms with Crippen LogP contribution in [-0.2, 0) is 19.1 Å². The number of hydrogen-bond donors (Lipinski definition) is 3. The van der Waals surface area contributed by atoms with Crippen LogP contribution in [0.4, 0.5) is 0 Å². The number of aliphatic hydroxyl groups is 3. The fraction of sp³-hybridized carbons (Fsp3) is 0.800. The minimum Gasteiger partial charge on any atom is -0.461 e. The smallest absolute Gasteiger partial charge is 0.309 e. The normalized spacial score (nSPS) is 59.7. The molecule has 0 unspecified atom stereocenters. The van der Waals surface area contributed by atoms with Gasteiger partial charge in [-0.2, -0.15) is 0 Å². The topological polar surface area (TPSA) is 113 Å². The summed E-state index contributed by atoms with van der Waals surface area (Å²) >= 11 is 0. The van der Waals surface area contributed by atoms with Crippen molar-refractivity contribution in [2.45, 2.75) is 89.8 Å². The third kappa shape index (κ3) is 2.56. The van der Waals surface area contributed by atoms with Gasteiger partial charge in [0.05, 0.1) is 29.1 Å². The molecule has 0 aromatic carbocycles. The van der Waals surface area contributed by atoms with E-state index in [1.165, 1.54) is 0 Å². The van der Waals surface area contributed by atoms with Crippen LogP contribution < -0.4 is 0 Å². The summed E-state index contributed by atoms with van der Waals surface area (Å²) in [6.07, 6.45) is 0.689. The molecule has 202 valence electrons. The number of rotatable bonds is 0. The molecule has 7 nitrogen and oxygen atoms in total. The van der Waals surface area contributed by atoms with Crippen molar-refractivity contribution in [3.8, 4) is 0 Å². The highest BCUT2D eigenvalue weighted by Crippen LogP contribution is 2.79. The SMILES string of the molecule is C=C1[C@@H](O)[C@@H]2[C@H]3[C@H](C(C)=C4[C@H]5OC(=O)[C@@H](C)[C@@H]5CC[C@](C)(O)[C@@H]43)[C@@]13[C@@H]2[C@@](C)(O)CC[C@H]1[C@H](C)C(=O)O[C@@H]13. The average Bonchev–Trinajstić information content (AvgIpc) is 3.50. The number of allylic oxidation sites excluding steroid dienone is 1. The van der Waals surface area contributed by atoms with Gasteiger partial charge in [-0.3, -0.25) is 9.59 Å². The van der Waals surface area contributed by atoms with E-state index in [2.05, 4.69) is 13.5 Å². The molecule has 0 aromatic heterocycles. The van der Waals surface area contributed by atoms with E-state index < -0.39 is 28.8 Å². The molecule has 15 atom stereocenters. The first-order valence-electron chi connectivity index (χ1n) is 14.2. The zero-order valence-corrected chi connectivity index (χ0v) is 22.4. The third-order valence-electron chi connectivity index (χ3n) is 12.5. The molecule has 3 N–H and O–H groups in total. The lowest BCUT2D eigenvalue weighted by atomic mass is 9.57. The number of fused-ring (bicyclic) bond motifs is 7. The highest BCUT2D eigenvalue weighted by molar-refractivity contribution is 5.76. The van der Waals surface area contributed by atoms with Crippen molar-refractivity contribution in [1.29, 1.82) is 0 Å². The summed E-state index contributed by atoms with van der Waals surface area (Å²) in [5, 5.41) is 35.9. The first-order valence-corrected chi connectivity index (χ1v) is 14.2. The van der Waals surface area contributed by atoms with Gasteiger partial charge < -0.3 is 24.8 Å². The van der Waals surface area contributed by atoms with Gasteiger partial charge in [-0.05, 0) is 75.4 Å². The Labute approximate surface area is 218 Å². The molecule has 7 rings (SSSR count). The number of esters is 2. The zero-order chi connectivity index (χ0) is 26.6. The number of carbonyl (C=O) groups excluding carboxylic acids is 2. The van der Waals surface area contributed by atoms with E-state index in [1.54, 1.807) is 0 Å². The van der Waals surface area contributed by atoms with Crippen LogP contribution in [-0.4, -0.2) is 56.8 Å². The van der Waals surface area contributed by atoms with E-state index in [0.717, 1.165) is 11.1 Å². The fourth-order valence-electron chi connectivity index (χ4n) is 11.2. The molecule has 5 aliphatic carbocycles. The first-order chi connectivity index (χ1) is 17.3. The number of carbonyl (C=O) groups is 2. The molecule has 6 fully saturated rings. The summed E-state index contributed by atoms with van der Waals surface area (Å²) in [6, 6.07) is 0. The molecule has 2 bridgehead atoms. The van der Waals surface area contributed by atoms with Crippen molar-refractivity contribution in [1.82, 2.24) is 0 Å². The van der Waals surface area contributed by atoms with Gasteiger partial charge in [-0.25, -0.2) is 0 Å². The summed E-state index contributed by atoms with van der Waals surface area (Å²) < 4.78 is 12.3. The maximum atomic E-state index is 13.0. The van der Waals surface area contributed by atoms with E-state index in [9.17, 15) is 24.9 Å². The molecular weight excluding hydrogens is 472 g/mol. The fourth-order valence-corrected chi connectivity index (χ4v) is 11.2. The van der Waals surface area contributed by atoms with Gasteiger partial charge in [0.25, 0.3) is 0 Å². The Balaban J connectivity index is 1.49. The lowest BCUT2D eigenvalue weighted by molar-refractivity contribution is -0.152. The van der Waals surface area contributed by atoms with Crippen molar-refractivity contribution in [2.24, 2.45) is 58.7 Å². The van der Waals surface area contributed by atoms with Gasteiger partial charge in [0, 0.05) is 29.1 Å². The van der Waals surface area contributed by atoms with Crippen molar-refractivity contribution in [3.05, 3.63) is 23.3 Å². The zero-order valence-electron chi connectivity index (χ0n) is 22.4. The van der Waals surface area contributed by atoms with Crippen LogP contribution in [0, 0.1) is 58.7 Å². The van der Waals surface area contributed by atoms with Gasteiger partial charge in [-0.1, -0.05) is 26.0 Å². The maximum Gasteiger partial charge on any atom is 0.309 e. The second kappa shape index (κ2) is 7.08. The summed E-state index contributed by atoms with van der Waals surface area (Å²) in [5.41, 5.74) is -0.238. The minimum atomic E-state index is -1.08. The molecule has 0 radical (unpaired) electrons. The average molecular weight is 513 g/mol. The highest BCUT2D eigenvalue weighted by atomic mass is 16.6. The monoisotopic (exact) mass is 512 g/mol. The van der Waals surface area contributed by atoms with Gasteiger partial charge in [0.1, 0.15) is 12.2 Å². The van der Waals surface area contributed by atoms with E-state index >= 15 is 0 Å². The van der Waals surface area contributed by atoms with Crippen LogP contribution in [0.3, 0.4) is 0 Å². The Morgan fingerprint density at radius 2 is 1.49 bits per heavy atom. The molecule has 2 heterocycles. The number of hydrogen-bond acceptors (Lipinski definition) is 7. The third-order valence-corrected chi connectivity index (χ3v) is 12.5. The Bertz CT molecular complexity index is 1150. The van der Waals surface area contributed by atoms with Crippen LogP contribution in [0.5, 0.6) is 0 Å². The van der Waals surface area contributed by atoms with Crippen molar-refractivity contribution >= 4 is 11.9 Å². The second-order valence-corrected chi connectivity index (χ2v) is 14.0. The Kier molecular flexibility index (Phi) is 4.66.